The number of H-pyrrole nitrogens is 4. The quantitative estimate of drug-likeness (QED) is 0.251. The van der Waals surface area contributed by atoms with E-state index < -0.39 is 11.9 Å². The fourth-order valence-electron chi connectivity index (χ4n) is 3.69. The second-order valence-corrected chi connectivity index (χ2v) is 8.12. The second-order valence-electron chi connectivity index (χ2n) is 7.17. The van der Waals surface area contributed by atoms with Gasteiger partial charge in [0.25, 0.3) is 11.1 Å². The zero-order chi connectivity index (χ0) is 22.8. The largest absolute Gasteiger partial charge is 0.490 e. The van der Waals surface area contributed by atoms with Crippen LogP contribution in [-0.2, 0) is 0 Å². The number of hydrogen-bond acceptors (Lipinski definition) is 6. The van der Waals surface area contributed by atoms with Crippen molar-refractivity contribution in [2.45, 2.75) is 26.7 Å². The number of carbonyl (C=O) groups excluding carboxylic acids is 1. The van der Waals surface area contributed by atoms with Crippen LogP contribution < -0.4 is 20.6 Å². The molecule has 32 heavy (non-hydrogen) atoms. The summed E-state index contributed by atoms with van der Waals surface area (Å²) in [7, 11) is 0. The van der Waals surface area contributed by atoms with Crippen molar-refractivity contribution < 1.29 is 14.3 Å². The fourth-order valence-corrected chi connectivity index (χ4v) is 4.28. The highest BCUT2D eigenvalue weighted by Gasteiger charge is 2.29. The molecule has 0 bridgehead atoms. The molecular formula is C22H22N4O5S. The highest BCUT2D eigenvalue weighted by atomic mass is 32.1. The van der Waals surface area contributed by atoms with Gasteiger partial charge in [-0.05, 0) is 49.9 Å². The maximum absolute atomic E-state index is 12.6. The van der Waals surface area contributed by atoms with E-state index in [-0.39, 0.29) is 16.9 Å². The van der Waals surface area contributed by atoms with Gasteiger partial charge in [0.05, 0.1) is 17.7 Å². The van der Waals surface area contributed by atoms with E-state index in [1.807, 2.05) is 6.92 Å². The number of esters is 1. The fraction of sp³-hybridized carbons (Fsp3) is 0.227. The van der Waals surface area contributed by atoms with Gasteiger partial charge in [0.2, 0.25) is 0 Å². The highest BCUT2D eigenvalue weighted by Crippen LogP contribution is 2.37. The molecule has 0 unspecified atom stereocenters. The first-order valence-corrected chi connectivity index (χ1v) is 10.8. The first-order chi connectivity index (χ1) is 15.4. The summed E-state index contributed by atoms with van der Waals surface area (Å²) in [6.45, 7) is 5.68. The summed E-state index contributed by atoms with van der Waals surface area (Å²) in [4.78, 5) is 38.1. The third-order valence-electron chi connectivity index (χ3n) is 5.13. The Morgan fingerprint density at radius 2 is 1.62 bits per heavy atom. The number of ether oxygens (including phenoxy) is 2. The summed E-state index contributed by atoms with van der Waals surface area (Å²) < 4.78 is 11.3. The highest BCUT2D eigenvalue weighted by molar-refractivity contribution is 7.12. The van der Waals surface area contributed by atoms with Crippen molar-refractivity contribution in [1.29, 1.82) is 0 Å². The minimum atomic E-state index is -0.666. The number of aromatic nitrogens is 4. The molecule has 0 atom stereocenters. The Morgan fingerprint density at radius 3 is 2.12 bits per heavy atom. The number of rotatable bonds is 7. The molecule has 3 aromatic heterocycles. The van der Waals surface area contributed by atoms with Crippen molar-refractivity contribution in [2.75, 3.05) is 6.61 Å². The average Bonchev–Trinajstić information content (AvgIpc) is 3.49. The van der Waals surface area contributed by atoms with Crippen molar-refractivity contribution in [1.82, 2.24) is 20.4 Å². The molecule has 0 amide bonds. The first kappa shape index (κ1) is 21.4. The number of thiophene rings is 1. The van der Waals surface area contributed by atoms with E-state index in [1.54, 1.807) is 49.6 Å². The lowest BCUT2D eigenvalue weighted by atomic mass is 9.85. The molecule has 166 valence electrons. The van der Waals surface area contributed by atoms with Gasteiger partial charge in [-0.25, -0.2) is 4.79 Å². The summed E-state index contributed by atoms with van der Waals surface area (Å²) in [5.41, 5.74) is 2.08. The van der Waals surface area contributed by atoms with Crippen molar-refractivity contribution in [3.63, 3.8) is 0 Å². The SMILES string of the molecule is CCOc1cc(C(c2c(C)[nH][nH]c2=O)c2c(C)[nH][nH]c2=O)ccc1OC(=O)c1cccs1. The maximum atomic E-state index is 12.6. The Hall–Kier alpha value is -3.79. The third kappa shape index (κ3) is 3.92. The molecule has 4 N–H and O–H groups in total. The average molecular weight is 455 g/mol. The smallest absolute Gasteiger partial charge is 0.353 e. The van der Waals surface area contributed by atoms with E-state index in [2.05, 4.69) is 20.4 Å². The molecule has 0 radical (unpaired) electrons. The van der Waals surface area contributed by atoms with Gasteiger partial charge in [-0.2, -0.15) is 0 Å². The third-order valence-corrected chi connectivity index (χ3v) is 5.98. The van der Waals surface area contributed by atoms with Crippen LogP contribution in [0.3, 0.4) is 0 Å². The number of hydrogen-bond donors (Lipinski definition) is 4. The standard InChI is InChI=1S/C22H22N4O5S/c1-4-30-15-10-13(7-8-14(15)31-22(29)16-6-5-9-32-16)19(17-11(2)23-25-20(17)27)18-12(3)24-26-21(18)28/h5-10,19H,4H2,1-3H3,(H2,23,25,27)(H2,24,26,28). The molecule has 0 spiro atoms. The lowest BCUT2D eigenvalue weighted by Crippen LogP contribution is -2.20. The number of nitrogens with one attached hydrogen (secondary N) is 4. The minimum Gasteiger partial charge on any atom is -0.490 e. The molecule has 4 aromatic rings. The van der Waals surface area contributed by atoms with Crippen LogP contribution >= 0.6 is 11.3 Å². The van der Waals surface area contributed by atoms with Gasteiger partial charge in [0.15, 0.2) is 11.5 Å². The number of aromatic amines is 4. The Kier molecular flexibility index (Phi) is 5.87. The van der Waals surface area contributed by atoms with Crippen molar-refractivity contribution in [3.8, 4) is 11.5 Å². The van der Waals surface area contributed by atoms with E-state index in [1.165, 1.54) is 11.3 Å². The summed E-state index contributed by atoms with van der Waals surface area (Å²) in [5, 5.41) is 12.6. The summed E-state index contributed by atoms with van der Waals surface area (Å²) in [5.74, 6) is -0.552. The maximum Gasteiger partial charge on any atom is 0.353 e. The lowest BCUT2D eigenvalue weighted by Gasteiger charge is -2.18. The zero-order valence-electron chi connectivity index (χ0n) is 17.7. The molecule has 0 aliphatic carbocycles. The minimum absolute atomic E-state index is 0.257. The second kappa shape index (κ2) is 8.75. The summed E-state index contributed by atoms with van der Waals surface area (Å²) >= 11 is 1.28. The van der Waals surface area contributed by atoms with Gasteiger partial charge < -0.3 is 19.7 Å². The molecule has 0 aliphatic heterocycles. The van der Waals surface area contributed by atoms with Gasteiger partial charge in [-0.1, -0.05) is 12.1 Å². The van der Waals surface area contributed by atoms with Crippen molar-refractivity contribution >= 4 is 17.3 Å². The van der Waals surface area contributed by atoms with Crippen molar-refractivity contribution in [2.24, 2.45) is 0 Å². The first-order valence-electron chi connectivity index (χ1n) is 9.97. The summed E-state index contributed by atoms with van der Waals surface area (Å²) in [6, 6.07) is 8.49. The van der Waals surface area contributed by atoms with Crippen LogP contribution in [0, 0.1) is 13.8 Å². The van der Waals surface area contributed by atoms with Gasteiger partial charge in [0, 0.05) is 17.3 Å². The molecule has 10 heteroatoms. The van der Waals surface area contributed by atoms with E-state index in [9.17, 15) is 14.4 Å². The van der Waals surface area contributed by atoms with Gasteiger partial charge in [-0.3, -0.25) is 19.8 Å². The topological polar surface area (TPSA) is 133 Å². The predicted octanol–water partition coefficient (Wildman–Crippen LogP) is 3.20. The molecular weight excluding hydrogens is 432 g/mol. The number of aryl methyl sites for hydroxylation is 2. The Morgan fingerprint density at radius 1 is 0.969 bits per heavy atom. The van der Waals surface area contributed by atoms with Crippen molar-refractivity contribution in [3.05, 3.63) is 89.4 Å². The predicted molar refractivity (Wildman–Crippen MR) is 120 cm³/mol. The van der Waals surface area contributed by atoms with E-state index in [0.717, 1.165) is 0 Å². The van der Waals surface area contributed by atoms with E-state index >= 15 is 0 Å². The molecule has 0 fully saturated rings. The van der Waals surface area contributed by atoms with Crippen LogP contribution in [0.4, 0.5) is 0 Å². The van der Waals surface area contributed by atoms with Crippen LogP contribution in [0.15, 0.2) is 45.3 Å². The van der Waals surface area contributed by atoms with Crippen LogP contribution in [0.1, 0.15) is 50.6 Å². The van der Waals surface area contributed by atoms with Crippen LogP contribution in [0.25, 0.3) is 0 Å². The Balaban J connectivity index is 1.83. The van der Waals surface area contributed by atoms with Crippen LogP contribution in [-0.4, -0.2) is 33.0 Å². The molecule has 9 nitrogen and oxygen atoms in total. The summed E-state index contributed by atoms with van der Waals surface area (Å²) in [6.07, 6.45) is 0. The molecule has 0 saturated carbocycles. The molecule has 4 rings (SSSR count). The molecule has 1 aromatic carbocycles. The van der Waals surface area contributed by atoms with Gasteiger partial charge in [0.1, 0.15) is 4.88 Å². The molecule has 3 heterocycles. The molecule has 0 aliphatic rings. The van der Waals surface area contributed by atoms with E-state index in [0.29, 0.717) is 45.3 Å². The van der Waals surface area contributed by atoms with Gasteiger partial charge in [-0.15, -0.1) is 11.3 Å². The van der Waals surface area contributed by atoms with Gasteiger partial charge >= 0.3 is 5.97 Å². The zero-order valence-corrected chi connectivity index (χ0v) is 18.5. The van der Waals surface area contributed by atoms with Crippen LogP contribution in [0.5, 0.6) is 11.5 Å². The monoisotopic (exact) mass is 454 g/mol. The Bertz CT molecular complexity index is 1310. The van der Waals surface area contributed by atoms with Crippen LogP contribution in [0.2, 0.25) is 0 Å². The molecule has 0 saturated heterocycles. The van der Waals surface area contributed by atoms with E-state index in [4.69, 9.17) is 9.47 Å². The number of benzene rings is 1. The normalized spacial score (nSPS) is 11.1. The Labute approximate surface area is 186 Å². The number of carbonyl (C=O) groups is 1. The lowest BCUT2D eigenvalue weighted by molar-refractivity contribution is 0.0733.